The molecule has 128 valence electrons. The molecule has 0 aromatic carbocycles. The highest BCUT2D eigenvalue weighted by molar-refractivity contribution is 7.13. The summed E-state index contributed by atoms with van der Waals surface area (Å²) in [4.78, 5) is 20.4. The summed E-state index contributed by atoms with van der Waals surface area (Å²) in [6, 6.07) is 2.12. The predicted molar refractivity (Wildman–Crippen MR) is 96.2 cm³/mol. The lowest BCUT2D eigenvalue weighted by Gasteiger charge is -2.29. The second-order valence-electron chi connectivity index (χ2n) is 5.98. The van der Waals surface area contributed by atoms with Gasteiger partial charge in [0.05, 0.1) is 13.2 Å². The van der Waals surface area contributed by atoms with Crippen LogP contribution in [0.15, 0.2) is 24.0 Å². The van der Waals surface area contributed by atoms with Crippen molar-refractivity contribution in [3.05, 3.63) is 24.0 Å². The summed E-state index contributed by atoms with van der Waals surface area (Å²) in [7, 11) is 0. The predicted octanol–water partition coefficient (Wildman–Crippen LogP) is 1.49. The van der Waals surface area contributed by atoms with Gasteiger partial charge in [0.15, 0.2) is 5.13 Å². The molecule has 2 aliphatic heterocycles. The second kappa shape index (κ2) is 7.31. The number of anilines is 3. The van der Waals surface area contributed by atoms with Crippen LogP contribution in [0.3, 0.4) is 0 Å². The van der Waals surface area contributed by atoms with E-state index in [0.29, 0.717) is 0 Å². The monoisotopic (exact) mass is 346 g/mol. The van der Waals surface area contributed by atoms with Crippen LogP contribution < -0.4 is 14.7 Å². The number of rotatable bonds is 3. The van der Waals surface area contributed by atoms with Gasteiger partial charge in [-0.1, -0.05) is 0 Å². The fraction of sp³-hybridized carbons (Fsp3) is 0.562. The molecule has 0 aliphatic carbocycles. The molecule has 2 saturated heterocycles. The van der Waals surface area contributed by atoms with E-state index in [1.165, 1.54) is 0 Å². The molecule has 2 aromatic heterocycles. The molecule has 4 heterocycles. The van der Waals surface area contributed by atoms with E-state index < -0.39 is 0 Å². The van der Waals surface area contributed by atoms with Gasteiger partial charge in [-0.25, -0.2) is 15.0 Å². The molecule has 7 nitrogen and oxygen atoms in total. The molecule has 0 unspecified atom stereocenters. The van der Waals surface area contributed by atoms with Crippen LogP contribution in [0.4, 0.5) is 16.8 Å². The summed E-state index contributed by atoms with van der Waals surface area (Å²) in [6.07, 6.45) is 4.67. The third kappa shape index (κ3) is 3.44. The van der Waals surface area contributed by atoms with Gasteiger partial charge in [0.2, 0.25) is 0 Å². The lowest BCUT2D eigenvalue weighted by atomic mass is 10.3. The van der Waals surface area contributed by atoms with E-state index in [0.717, 1.165) is 75.7 Å². The van der Waals surface area contributed by atoms with Crippen molar-refractivity contribution in [2.45, 2.75) is 6.42 Å². The summed E-state index contributed by atoms with van der Waals surface area (Å²) >= 11 is 1.71. The fourth-order valence-corrected chi connectivity index (χ4v) is 3.88. The van der Waals surface area contributed by atoms with Gasteiger partial charge >= 0.3 is 0 Å². The average Bonchev–Trinajstić information content (AvgIpc) is 3.07. The Hall–Kier alpha value is -1.93. The topological polar surface area (TPSA) is 57.6 Å². The Balaban J connectivity index is 1.45. The molecule has 0 spiro atoms. The van der Waals surface area contributed by atoms with Crippen LogP contribution >= 0.6 is 11.3 Å². The highest BCUT2D eigenvalue weighted by Crippen LogP contribution is 2.22. The second-order valence-corrected chi connectivity index (χ2v) is 6.85. The van der Waals surface area contributed by atoms with Crippen molar-refractivity contribution in [2.24, 2.45) is 0 Å². The normalized spacial score (nSPS) is 19.4. The van der Waals surface area contributed by atoms with Crippen LogP contribution in [0.2, 0.25) is 0 Å². The van der Waals surface area contributed by atoms with Gasteiger partial charge in [-0.3, -0.25) is 0 Å². The molecule has 8 heteroatoms. The number of ether oxygens (including phenoxy) is 1. The largest absolute Gasteiger partial charge is 0.378 e. The number of thiazole rings is 1. The minimum absolute atomic E-state index is 0.770. The average molecular weight is 346 g/mol. The van der Waals surface area contributed by atoms with Gasteiger partial charge in [-0.15, -0.1) is 11.3 Å². The van der Waals surface area contributed by atoms with Crippen molar-refractivity contribution in [1.82, 2.24) is 15.0 Å². The summed E-state index contributed by atoms with van der Waals surface area (Å²) < 4.78 is 5.43. The van der Waals surface area contributed by atoms with Crippen molar-refractivity contribution in [3.63, 3.8) is 0 Å². The van der Waals surface area contributed by atoms with E-state index in [2.05, 4.69) is 35.7 Å². The standard InChI is InChI=1S/C16H22N6OS/c1-3-20(5-6-22(4-1)16-17-2-11-24-16)14-12-15(19-13-18-14)21-7-9-23-10-8-21/h2,11-13H,1,3-10H2. The first-order valence-electron chi connectivity index (χ1n) is 8.44. The van der Waals surface area contributed by atoms with Crippen LogP contribution in [0.1, 0.15) is 6.42 Å². The van der Waals surface area contributed by atoms with E-state index >= 15 is 0 Å². The van der Waals surface area contributed by atoms with Crippen LogP contribution in [0, 0.1) is 0 Å². The van der Waals surface area contributed by atoms with Gasteiger partial charge in [0.25, 0.3) is 0 Å². The van der Waals surface area contributed by atoms with Crippen molar-refractivity contribution < 1.29 is 4.74 Å². The third-order valence-corrected chi connectivity index (χ3v) is 5.32. The number of nitrogens with zero attached hydrogens (tertiary/aromatic N) is 6. The lowest BCUT2D eigenvalue weighted by molar-refractivity contribution is 0.122. The molecular weight excluding hydrogens is 324 g/mol. The van der Waals surface area contributed by atoms with Crippen molar-refractivity contribution in [3.8, 4) is 0 Å². The Morgan fingerprint density at radius 1 is 0.833 bits per heavy atom. The van der Waals surface area contributed by atoms with Crippen LogP contribution in [0.5, 0.6) is 0 Å². The highest BCUT2D eigenvalue weighted by Gasteiger charge is 2.19. The Labute approximate surface area is 145 Å². The van der Waals surface area contributed by atoms with Crippen LogP contribution in [-0.4, -0.2) is 67.4 Å². The van der Waals surface area contributed by atoms with Crippen molar-refractivity contribution in [2.75, 3.05) is 67.2 Å². The molecule has 2 aromatic rings. The smallest absolute Gasteiger partial charge is 0.185 e. The van der Waals surface area contributed by atoms with E-state index in [-0.39, 0.29) is 0 Å². The number of hydrogen-bond acceptors (Lipinski definition) is 8. The Kier molecular flexibility index (Phi) is 4.75. The van der Waals surface area contributed by atoms with E-state index in [1.54, 1.807) is 17.7 Å². The van der Waals surface area contributed by atoms with Gasteiger partial charge in [-0.2, -0.15) is 0 Å². The molecule has 4 rings (SSSR count). The minimum Gasteiger partial charge on any atom is -0.378 e. The van der Waals surface area contributed by atoms with Gasteiger partial charge < -0.3 is 19.4 Å². The van der Waals surface area contributed by atoms with Gasteiger partial charge in [0.1, 0.15) is 18.0 Å². The number of morpholine rings is 1. The maximum Gasteiger partial charge on any atom is 0.185 e. The number of hydrogen-bond donors (Lipinski definition) is 0. The first-order valence-corrected chi connectivity index (χ1v) is 9.32. The first-order chi connectivity index (χ1) is 11.9. The molecule has 0 radical (unpaired) electrons. The zero-order valence-corrected chi connectivity index (χ0v) is 14.5. The Morgan fingerprint density at radius 2 is 1.54 bits per heavy atom. The molecule has 0 N–H and O–H groups in total. The summed E-state index contributed by atoms with van der Waals surface area (Å²) in [5, 5.41) is 3.16. The fourth-order valence-electron chi connectivity index (χ4n) is 3.19. The van der Waals surface area contributed by atoms with E-state index in [1.807, 2.05) is 11.6 Å². The van der Waals surface area contributed by atoms with Gasteiger partial charge in [0, 0.05) is 56.9 Å². The quantitative estimate of drug-likeness (QED) is 0.834. The Morgan fingerprint density at radius 3 is 2.29 bits per heavy atom. The molecule has 0 saturated carbocycles. The summed E-state index contributed by atoms with van der Waals surface area (Å²) in [5.41, 5.74) is 0. The maximum atomic E-state index is 5.43. The van der Waals surface area contributed by atoms with Crippen molar-refractivity contribution in [1.29, 1.82) is 0 Å². The molecular formula is C16H22N6OS. The summed E-state index contributed by atoms with van der Waals surface area (Å²) in [5.74, 6) is 2.02. The Bertz CT molecular complexity index is 646. The van der Waals surface area contributed by atoms with Gasteiger partial charge in [-0.05, 0) is 6.42 Å². The van der Waals surface area contributed by atoms with Crippen LogP contribution in [0.25, 0.3) is 0 Å². The molecule has 24 heavy (non-hydrogen) atoms. The zero-order chi connectivity index (χ0) is 16.2. The SMILES string of the molecule is c1nc(N2CCOCC2)cc(N2CCCN(c3nccs3)CC2)n1. The minimum atomic E-state index is 0.770. The molecule has 0 amide bonds. The molecule has 0 atom stereocenters. The van der Waals surface area contributed by atoms with E-state index in [4.69, 9.17) is 4.74 Å². The van der Waals surface area contributed by atoms with Crippen molar-refractivity contribution >= 4 is 28.1 Å². The summed E-state index contributed by atoms with van der Waals surface area (Å²) in [6.45, 7) is 7.33. The highest BCUT2D eigenvalue weighted by atomic mass is 32.1. The first kappa shape index (κ1) is 15.6. The molecule has 0 bridgehead atoms. The van der Waals surface area contributed by atoms with E-state index in [9.17, 15) is 0 Å². The lowest BCUT2D eigenvalue weighted by Crippen LogP contribution is -2.37. The maximum absolute atomic E-state index is 5.43. The van der Waals surface area contributed by atoms with Crippen LogP contribution in [-0.2, 0) is 4.74 Å². The number of aromatic nitrogens is 3. The molecule has 2 aliphatic rings. The third-order valence-electron chi connectivity index (χ3n) is 4.48. The zero-order valence-electron chi connectivity index (χ0n) is 13.7. The molecule has 2 fully saturated rings.